The van der Waals surface area contributed by atoms with Crippen molar-refractivity contribution in [2.24, 2.45) is 0 Å². The maximum atomic E-state index is 12.0. The molecule has 0 aromatic rings. The van der Waals surface area contributed by atoms with Crippen molar-refractivity contribution in [2.45, 2.75) is 58.2 Å². The fourth-order valence-electron chi connectivity index (χ4n) is 2.21. The molecule has 1 rings (SSSR count). The zero-order valence-electron chi connectivity index (χ0n) is 11.0. The fraction of sp³-hybridized carbons (Fsp3) is 0.833. The monoisotopic (exact) mass is 242 g/mol. The highest BCUT2D eigenvalue weighted by molar-refractivity contribution is 5.86. The average molecular weight is 242 g/mol. The second kappa shape index (κ2) is 5.04. The van der Waals surface area contributed by atoms with Crippen LogP contribution in [0.15, 0.2) is 0 Å². The summed E-state index contributed by atoms with van der Waals surface area (Å²) in [5.41, 5.74) is -0.207. The first-order valence-corrected chi connectivity index (χ1v) is 6.00. The van der Waals surface area contributed by atoms with Crippen molar-refractivity contribution in [2.75, 3.05) is 6.54 Å². The van der Waals surface area contributed by atoms with E-state index in [1.54, 1.807) is 0 Å². The first-order chi connectivity index (χ1) is 7.71. The number of rotatable bonds is 2. The minimum Gasteiger partial charge on any atom is -0.481 e. The van der Waals surface area contributed by atoms with E-state index in [0.717, 1.165) is 13.0 Å². The van der Waals surface area contributed by atoms with Gasteiger partial charge in [-0.15, -0.1) is 0 Å². The lowest BCUT2D eigenvalue weighted by molar-refractivity contribution is -0.142. The summed E-state index contributed by atoms with van der Waals surface area (Å²) in [7, 11) is 0. The molecule has 1 aliphatic rings. The third-order valence-corrected chi connectivity index (χ3v) is 3.10. The maximum Gasteiger partial charge on any atom is 0.305 e. The van der Waals surface area contributed by atoms with Crippen molar-refractivity contribution in [3.05, 3.63) is 0 Å². The maximum absolute atomic E-state index is 12.0. The Kier molecular flexibility index (Phi) is 4.14. The molecular formula is C12H22N2O3. The van der Waals surface area contributed by atoms with Crippen molar-refractivity contribution in [3.63, 3.8) is 0 Å². The molecule has 0 aromatic carbocycles. The average Bonchev–Trinajstić information content (AvgIpc) is 2.24. The van der Waals surface area contributed by atoms with Crippen LogP contribution in [0.3, 0.4) is 0 Å². The highest BCUT2D eigenvalue weighted by Gasteiger charge is 2.37. The number of hydrogen-bond acceptors (Lipinski definition) is 3. The Morgan fingerprint density at radius 2 is 2.12 bits per heavy atom. The molecule has 1 amide bonds. The normalized spacial score (nSPS) is 27.4. The van der Waals surface area contributed by atoms with Crippen LogP contribution in [0.5, 0.6) is 0 Å². The van der Waals surface area contributed by atoms with Crippen molar-refractivity contribution >= 4 is 11.9 Å². The van der Waals surface area contributed by atoms with Gasteiger partial charge in [0.1, 0.15) is 6.04 Å². The zero-order chi connectivity index (χ0) is 13.2. The van der Waals surface area contributed by atoms with E-state index < -0.39 is 12.0 Å². The number of hydrogen-bond donors (Lipinski definition) is 2. The first-order valence-electron chi connectivity index (χ1n) is 6.00. The number of amides is 1. The van der Waals surface area contributed by atoms with Gasteiger partial charge in [0.15, 0.2) is 0 Å². The third-order valence-electron chi connectivity index (χ3n) is 3.10. The molecule has 17 heavy (non-hydrogen) atoms. The molecule has 5 nitrogen and oxygen atoms in total. The molecule has 0 radical (unpaired) electrons. The van der Waals surface area contributed by atoms with Crippen LogP contribution >= 0.6 is 0 Å². The van der Waals surface area contributed by atoms with E-state index >= 15 is 0 Å². The summed E-state index contributed by atoms with van der Waals surface area (Å²) in [4.78, 5) is 24.9. The number of carbonyl (C=O) groups is 2. The van der Waals surface area contributed by atoms with Crippen LogP contribution in [0, 0.1) is 0 Å². The molecule has 1 fully saturated rings. The summed E-state index contributed by atoms with van der Waals surface area (Å²) in [6.07, 6.45) is 0.703. The lowest BCUT2D eigenvalue weighted by Gasteiger charge is -2.38. The minimum absolute atomic E-state index is 0.103. The highest BCUT2D eigenvalue weighted by atomic mass is 16.4. The summed E-state index contributed by atoms with van der Waals surface area (Å²) >= 11 is 0. The van der Waals surface area contributed by atoms with E-state index in [0.29, 0.717) is 0 Å². The van der Waals surface area contributed by atoms with Crippen LogP contribution in [0.1, 0.15) is 40.5 Å². The largest absolute Gasteiger partial charge is 0.481 e. The molecule has 98 valence electrons. The molecule has 2 N–H and O–H groups in total. The Labute approximate surface area is 102 Å². The number of carboxylic acids is 1. The van der Waals surface area contributed by atoms with E-state index in [9.17, 15) is 9.59 Å². The highest BCUT2D eigenvalue weighted by Crippen LogP contribution is 2.22. The molecule has 1 saturated heterocycles. The van der Waals surface area contributed by atoms with Crippen LogP contribution in [-0.4, -0.2) is 46.1 Å². The van der Waals surface area contributed by atoms with Gasteiger partial charge in [0.25, 0.3) is 0 Å². The molecule has 5 heteroatoms. The molecule has 0 saturated carbocycles. The standard InChI is InChI=1S/C12H22N2O3/c1-8-5-6-14(12(2,3)4)9(7-10(15)16)11(17)13-8/h8-9H,5-7H2,1-4H3,(H,13,17)(H,15,16). The van der Waals surface area contributed by atoms with Crippen LogP contribution in [0.2, 0.25) is 0 Å². The quantitative estimate of drug-likeness (QED) is 0.753. The van der Waals surface area contributed by atoms with Crippen LogP contribution in [0.4, 0.5) is 0 Å². The molecule has 0 aliphatic carbocycles. The summed E-state index contributed by atoms with van der Waals surface area (Å²) in [6.45, 7) is 8.70. The van der Waals surface area contributed by atoms with Crippen molar-refractivity contribution in [1.29, 1.82) is 0 Å². The number of carboxylic acid groups (broad SMARTS) is 1. The Bertz CT molecular complexity index is 309. The summed E-state index contributed by atoms with van der Waals surface area (Å²) in [5, 5.41) is 11.8. The van der Waals surface area contributed by atoms with Crippen LogP contribution in [-0.2, 0) is 9.59 Å². The Balaban J connectivity index is 2.95. The van der Waals surface area contributed by atoms with Gasteiger partial charge in [-0.05, 0) is 34.1 Å². The Morgan fingerprint density at radius 3 is 2.59 bits per heavy atom. The summed E-state index contributed by atoms with van der Waals surface area (Å²) in [6, 6.07) is -0.469. The Hall–Kier alpha value is -1.10. The first kappa shape index (κ1) is 14.0. The van der Waals surface area contributed by atoms with Gasteiger partial charge in [0.2, 0.25) is 5.91 Å². The molecule has 2 unspecified atom stereocenters. The number of carbonyl (C=O) groups excluding carboxylic acids is 1. The van der Waals surface area contributed by atoms with E-state index in [4.69, 9.17) is 5.11 Å². The van der Waals surface area contributed by atoms with Crippen LogP contribution in [0.25, 0.3) is 0 Å². The molecule has 1 aliphatic heterocycles. The second-order valence-corrected chi connectivity index (χ2v) is 5.68. The SMILES string of the molecule is CC1CCN(C(C)(C)C)C(CC(=O)O)C(=O)N1. The second-order valence-electron chi connectivity index (χ2n) is 5.68. The lowest BCUT2D eigenvalue weighted by Crippen LogP contribution is -2.53. The molecule has 0 spiro atoms. The third kappa shape index (κ3) is 3.70. The fourth-order valence-corrected chi connectivity index (χ4v) is 2.21. The molecular weight excluding hydrogens is 220 g/mol. The van der Waals surface area contributed by atoms with Gasteiger partial charge in [0, 0.05) is 18.1 Å². The van der Waals surface area contributed by atoms with E-state index in [2.05, 4.69) is 5.32 Å². The van der Waals surface area contributed by atoms with Gasteiger partial charge >= 0.3 is 5.97 Å². The van der Waals surface area contributed by atoms with E-state index in [1.807, 2.05) is 32.6 Å². The molecule has 2 atom stereocenters. The molecule has 0 bridgehead atoms. The summed E-state index contributed by atoms with van der Waals surface area (Å²) < 4.78 is 0. The van der Waals surface area contributed by atoms with Crippen molar-refractivity contribution < 1.29 is 14.7 Å². The van der Waals surface area contributed by atoms with Gasteiger partial charge in [-0.3, -0.25) is 14.5 Å². The van der Waals surface area contributed by atoms with Gasteiger partial charge < -0.3 is 10.4 Å². The van der Waals surface area contributed by atoms with Crippen molar-refractivity contribution in [1.82, 2.24) is 10.2 Å². The number of nitrogens with zero attached hydrogens (tertiary/aromatic N) is 1. The van der Waals surface area contributed by atoms with E-state index in [1.165, 1.54) is 0 Å². The van der Waals surface area contributed by atoms with Gasteiger partial charge in [-0.25, -0.2) is 0 Å². The van der Waals surface area contributed by atoms with Crippen LogP contribution < -0.4 is 5.32 Å². The number of nitrogens with one attached hydrogen (secondary N) is 1. The van der Waals surface area contributed by atoms with Gasteiger partial charge in [0.05, 0.1) is 6.42 Å². The predicted molar refractivity (Wildman–Crippen MR) is 64.7 cm³/mol. The summed E-state index contributed by atoms with van der Waals surface area (Å²) in [5.74, 6) is -1.11. The predicted octanol–water partition coefficient (Wildman–Crippen LogP) is 0.839. The smallest absolute Gasteiger partial charge is 0.305 e. The molecule has 1 heterocycles. The lowest BCUT2D eigenvalue weighted by atomic mass is 10.0. The van der Waals surface area contributed by atoms with Gasteiger partial charge in [-0.2, -0.15) is 0 Å². The van der Waals surface area contributed by atoms with Gasteiger partial charge in [-0.1, -0.05) is 0 Å². The molecule has 0 aromatic heterocycles. The topological polar surface area (TPSA) is 69.6 Å². The van der Waals surface area contributed by atoms with Crippen molar-refractivity contribution in [3.8, 4) is 0 Å². The number of aliphatic carboxylic acids is 1. The Morgan fingerprint density at radius 1 is 1.53 bits per heavy atom. The van der Waals surface area contributed by atoms with E-state index in [-0.39, 0.29) is 23.9 Å². The minimum atomic E-state index is -0.936. The zero-order valence-corrected chi connectivity index (χ0v) is 11.0.